The molecule has 0 aliphatic heterocycles. The minimum Gasteiger partial charge on any atom is -0.350 e. The molecule has 2 amide bonds. The van der Waals surface area contributed by atoms with Gasteiger partial charge in [-0.2, -0.15) is 0 Å². The maximum absolute atomic E-state index is 13.7. The predicted molar refractivity (Wildman–Crippen MR) is 139 cm³/mol. The molecule has 0 aliphatic carbocycles. The second-order valence-electron chi connectivity index (χ2n) is 8.69. The van der Waals surface area contributed by atoms with Crippen LogP contribution in [0.25, 0.3) is 0 Å². The zero-order chi connectivity index (χ0) is 24.5. The first-order chi connectivity index (χ1) is 17.1. The average molecular weight is 463 g/mol. The number of benzene rings is 4. The fourth-order valence-electron chi connectivity index (χ4n) is 4.08. The number of aryl methyl sites for hydroxylation is 1. The second-order valence-corrected chi connectivity index (χ2v) is 8.69. The molecule has 0 bridgehead atoms. The van der Waals surface area contributed by atoms with Gasteiger partial charge in [0.15, 0.2) is 0 Å². The van der Waals surface area contributed by atoms with Crippen molar-refractivity contribution in [2.24, 2.45) is 0 Å². The third-order valence-corrected chi connectivity index (χ3v) is 5.98. The number of nitrogens with one attached hydrogen (secondary N) is 1. The minimum absolute atomic E-state index is 0.0978. The van der Waals surface area contributed by atoms with E-state index in [1.54, 1.807) is 4.90 Å². The van der Waals surface area contributed by atoms with Crippen molar-refractivity contribution >= 4 is 11.8 Å². The maximum Gasteiger partial charge on any atom is 0.247 e. The Kier molecular flexibility index (Phi) is 8.08. The molecule has 0 aliphatic rings. The third-order valence-electron chi connectivity index (χ3n) is 5.98. The van der Waals surface area contributed by atoms with Gasteiger partial charge in [0.1, 0.15) is 6.04 Å². The van der Waals surface area contributed by atoms with Gasteiger partial charge < -0.3 is 10.2 Å². The highest BCUT2D eigenvalue weighted by atomic mass is 16.2. The molecule has 0 saturated carbocycles. The first-order valence-corrected chi connectivity index (χ1v) is 11.9. The van der Waals surface area contributed by atoms with Crippen LogP contribution in [0.4, 0.5) is 0 Å². The Bertz CT molecular complexity index is 1220. The number of nitrogens with zero attached hydrogens (tertiary/aromatic N) is 1. The van der Waals surface area contributed by atoms with Gasteiger partial charge in [0.05, 0.1) is 6.42 Å². The molecule has 0 radical (unpaired) electrons. The van der Waals surface area contributed by atoms with E-state index in [0.717, 1.165) is 22.3 Å². The van der Waals surface area contributed by atoms with Crippen LogP contribution >= 0.6 is 0 Å². The summed E-state index contributed by atoms with van der Waals surface area (Å²) < 4.78 is 0. The average Bonchev–Trinajstić information content (AvgIpc) is 2.90. The predicted octanol–water partition coefficient (Wildman–Crippen LogP) is 5.62. The Labute approximate surface area is 207 Å². The molecule has 0 fully saturated rings. The molecule has 0 spiro atoms. The van der Waals surface area contributed by atoms with Crippen molar-refractivity contribution in [1.82, 2.24) is 10.2 Å². The Morgan fingerprint density at radius 2 is 1.23 bits per heavy atom. The largest absolute Gasteiger partial charge is 0.350 e. The molecule has 4 aromatic carbocycles. The van der Waals surface area contributed by atoms with Crippen LogP contribution in [-0.2, 0) is 29.1 Å². The van der Waals surface area contributed by atoms with Gasteiger partial charge in [-0.1, -0.05) is 121 Å². The molecule has 0 aromatic heterocycles. The zero-order valence-corrected chi connectivity index (χ0v) is 19.9. The van der Waals surface area contributed by atoms with E-state index in [9.17, 15) is 9.59 Å². The molecule has 1 atom stereocenters. The minimum atomic E-state index is -0.752. The van der Waals surface area contributed by atoms with Gasteiger partial charge >= 0.3 is 0 Å². The number of hydrogen-bond donors (Lipinski definition) is 1. The van der Waals surface area contributed by atoms with Gasteiger partial charge in [-0.15, -0.1) is 0 Å². The molecule has 176 valence electrons. The summed E-state index contributed by atoms with van der Waals surface area (Å²) in [5, 5.41) is 3.07. The lowest BCUT2D eigenvalue weighted by molar-refractivity contribution is -0.141. The summed E-state index contributed by atoms with van der Waals surface area (Å²) in [7, 11) is 0. The summed E-state index contributed by atoms with van der Waals surface area (Å²) in [6.07, 6.45) is 0.224. The molecule has 0 unspecified atom stereocenters. The van der Waals surface area contributed by atoms with Crippen LogP contribution in [0.5, 0.6) is 0 Å². The van der Waals surface area contributed by atoms with Crippen molar-refractivity contribution in [3.63, 3.8) is 0 Å². The van der Waals surface area contributed by atoms with Gasteiger partial charge in [-0.05, 0) is 29.2 Å². The molecular formula is C31H30N2O2. The fourth-order valence-corrected chi connectivity index (χ4v) is 4.08. The second kappa shape index (κ2) is 11.8. The summed E-state index contributed by atoms with van der Waals surface area (Å²) in [5.41, 5.74) is 4.86. The number of rotatable bonds is 9. The molecule has 0 saturated heterocycles. The molecule has 4 heteroatoms. The maximum atomic E-state index is 13.7. The quantitative estimate of drug-likeness (QED) is 0.351. The van der Waals surface area contributed by atoms with Crippen LogP contribution in [-0.4, -0.2) is 16.7 Å². The van der Waals surface area contributed by atoms with Crippen LogP contribution in [0.3, 0.4) is 0 Å². The lowest BCUT2D eigenvalue weighted by atomic mass is 10.0. The van der Waals surface area contributed by atoms with Crippen LogP contribution in [0, 0.1) is 6.92 Å². The van der Waals surface area contributed by atoms with E-state index in [0.29, 0.717) is 13.1 Å². The topological polar surface area (TPSA) is 49.4 Å². The summed E-state index contributed by atoms with van der Waals surface area (Å²) in [5.74, 6) is -0.298. The lowest BCUT2D eigenvalue weighted by Crippen LogP contribution is -2.43. The van der Waals surface area contributed by atoms with Crippen LogP contribution < -0.4 is 5.32 Å². The first-order valence-electron chi connectivity index (χ1n) is 11.9. The lowest BCUT2D eigenvalue weighted by Gasteiger charge is -2.32. The molecule has 0 heterocycles. The standard InChI is InChI=1S/C31H30N2O2/c1-24-17-19-26(20-18-24)22-32-31(35)30(28-15-9-4-10-16-28)33(23-27-13-7-3-8-14-27)29(34)21-25-11-5-2-6-12-25/h2-20,30H,21-23H2,1H3,(H,32,35)/t30-/m1/s1. The SMILES string of the molecule is Cc1ccc(CNC(=O)[C@@H](c2ccccc2)N(Cc2ccccc2)C(=O)Cc2ccccc2)cc1. The number of carbonyl (C=O) groups is 2. The van der Waals surface area contributed by atoms with Crippen molar-refractivity contribution in [2.75, 3.05) is 0 Å². The van der Waals surface area contributed by atoms with Crippen LogP contribution in [0.1, 0.15) is 33.9 Å². The van der Waals surface area contributed by atoms with E-state index in [-0.39, 0.29) is 18.2 Å². The fraction of sp³-hybridized carbons (Fsp3) is 0.161. The van der Waals surface area contributed by atoms with Crippen molar-refractivity contribution in [3.05, 3.63) is 143 Å². The number of carbonyl (C=O) groups excluding carboxylic acids is 2. The van der Waals surface area contributed by atoms with Crippen LogP contribution in [0.2, 0.25) is 0 Å². The Morgan fingerprint density at radius 3 is 1.83 bits per heavy atom. The monoisotopic (exact) mass is 462 g/mol. The molecule has 1 N–H and O–H groups in total. The van der Waals surface area contributed by atoms with Crippen molar-refractivity contribution in [2.45, 2.75) is 32.5 Å². The highest BCUT2D eigenvalue weighted by Gasteiger charge is 2.31. The Hall–Kier alpha value is -4.18. The molecule has 4 rings (SSSR count). The highest BCUT2D eigenvalue weighted by Crippen LogP contribution is 2.25. The summed E-state index contributed by atoms with van der Waals surface area (Å²) in [4.78, 5) is 29.1. The smallest absolute Gasteiger partial charge is 0.247 e. The van der Waals surface area contributed by atoms with E-state index < -0.39 is 6.04 Å². The highest BCUT2D eigenvalue weighted by molar-refractivity contribution is 5.89. The van der Waals surface area contributed by atoms with E-state index in [1.807, 2.05) is 122 Å². The van der Waals surface area contributed by atoms with Gasteiger partial charge in [0, 0.05) is 13.1 Å². The third kappa shape index (κ3) is 6.67. The van der Waals surface area contributed by atoms with Crippen LogP contribution in [0.15, 0.2) is 115 Å². The van der Waals surface area contributed by atoms with Gasteiger partial charge in [-0.25, -0.2) is 0 Å². The zero-order valence-electron chi connectivity index (χ0n) is 19.9. The number of amides is 2. The van der Waals surface area contributed by atoms with E-state index in [2.05, 4.69) is 5.32 Å². The normalized spacial score (nSPS) is 11.5. The Balaban J connectivity index is 1.65. The summed E-state index contributed by atoms with van der Waals surface area (Å²) in [6.45, 7) is 2.77. The van der Waals surface area contributed by atoms with Gasteiger partial charge in [-0.3, -0.25) is 9.59 Å². The summed E-state index contributed by atoms with van der Waals surface area (Å²) >= 11 is 0. The molecule has 4 aromatic rings. The molecule has 4 nitrogen and oxygen atoms in total. The first kappa shape index (κ1) is 24.0. The summed E-state index contributed by atoms with van der Waals surface area (Å²) in [6, 6.07) is 36.3. The van der Waals surface area contributed by atoms with E-state index in [4.69, 9.17) is 0 Å². The van der Waals surface area contributed by atoms with E-state index in [1.165, 1.54) is 5.56 Å². The molecule has 35 heavy (non-hydrogen) atoms. The van der Waals surface area contributed by atoms with Crippen molar-refractivity contribution in [1.29, 1.82) is 0 Å². The molecular weight excluding hydrogens is 432 g/mol. The van der Waals surface area contributed by atoms with Gasteiger partial charge in [0.25, 0.3) is 0 Å². The Morgan fingerprint density at radius 1 is 0.686 bits per heavy atom. The van der Waals surface area contributed by atoms with E-state index >= 15 is 0 Å². The van der Waals surface area contributed by atoms with Gasteiger partial charge in [0.2, 0.25) is 11.8 Å². The number of hydrogen-bond acceptors (Lipinski definition) is 2. The van der Waals surface area contributed by atoms with Crippen molar-refractivity contribution in [3.8, 4) is 0 Å². The van der Waals surface area contributed by atoms with Crippen molar-refractivity contribution < 1.29 is 9.59 Å².